The van der Waals surface area contributed by atoms with E-state index < -0.39 is 0 Å². The van der Waals surface area contributed by atoms with E-state index in [0.717, 1.165) is 65.0 Å². The Bertz CT molecular complexity index is 629. The molecule has 0 fully saturated rings. The van der Waals surface area contributed by atoms with Crippen molar-refractivity contribution in [2.75, 3.05) is 39.4 Å². The van der Waals surface area contributed by atoms with Crippen molar-refractivity contribution in [3.8, 4) is 0 Å². The monoisotopic (exact) mass is 454 g/mol. The predicted octanol–water partition coefficient (Wildman–Crippen LogP) is 5.49. The minimum Gasteiger partial charge on any atom is -0.396 e. The number of nitrogens with zero attached hydrogens (tertiary/aromatic N) is 2. The zero-order valence-electron chi connectivity index (χ0n) is 20.6. The Hall–Kier alpha value is -1.72. The molecule has 4 nitrogen and oxygen atoms in total. The lowest BCUT2D eigenvalue weighted by molar-refractivity contribution is 0.222. The minimum absolute atomic E-state index is 0.288. The Balaban J connectivity index is 1.66. The highest BCUT2D eigenvalue weighted by Gasteiger charge is 2.08. The SMILES string of the molecule is OCCCCN(CCCCO)CCCCCCCN(Cc1ccccc1)Cc1ccccc1. The van der Waals surface area contributed by atoms with Crippen LogP contribution in [0.5, 0.6) is 0 Å². The lowest BCUT2D eigenvalue weighted by atomic mass is 10.1. The largest absolute Gasteiger partial charge is 0.396 e. The van der Waals surface area contributed by atoms with E-state index in [9.17, 15) is 0 Å². The van der Waals surface area contributed by atoms with Crippen LogP contribution >= 0.6 is 0 Å². The van der Waals surface area contributed by atoms with Gasteiger partial charge in [0.05, 0.1) is 0 Å². The van der Waals surface area contributed by atoms with Crippen molar-refractivity contribution in [2.45, 2.75) is 70.9 Å². The number of unbranched alkanes of at least 4 members (excludes halogenated alkanes) is 6. The number of aliphatic hydroxyl groups is 2. The molecule has 2 rings (SSSR count). The van der Waals surface area contributed by atoms with Crippen molar-refractivity contribution >= 4 is 0 Å². The van der Waals surface area contributed by atoms with Gasteiger partial charge in [-0.05, 0) is 75.8 Å². The summed E-state index contributed by atoms with van der Waals surface area (Å²) in [6, 6.07) is 21.6. The first kappa shape index (κ1) is 27.5. The number of benzene rings is 2. The highest BCUT2D eigenvalue weighted by atomic mass is 16.3. The van der Waals surface area contributed by atoms with E-state index in [1.165, 1.54) is 43.2 Å². The predicted molar refractivity (Wildman–Crippen MR) is 139 cm³/mol. The van der Waals surface area contributed by atoms with Crippen LogP contribution in [0.3, 0.4) is 0 Å². The van der Waals surface area contributed by atoms with Gasteiger partial charge in [-0.2, -0.15) is 0 Å². The van der Waals surface area contributed by atoms with Crippen molar-refractivity contribution in [2.24, 2.45) is 0 Å². The van der Waals surface area contributed by atoms with Crippen LogP contribution in [-0.4, -0.2) is 59.4 Å². The van der Waals surface area contributed by atoms with Crippen LogP contribution in [-0.2, 0) is 13.1 Å². The van der Waals surface area contributed by atoms with Gasteiger partial charge in [0, 0.05) is 26.3 Å². The Labute approximate surface area is 202 Å². The molecule has 2 N–H and O–H groups in total. The summed E-state index contributed by atoms with van der Waals surface area (Å²) in [5, 5.41) is 18.1. The fraction of sp³-hybridized carbons (Fsp3) is 0.586. The quantitative estimate of drug-likeness (QED) is 0.260. The summed E-state index contributed by atoms with van der Waals surface area (Å²) in [6.45, 7) is 7.01. The molecule has 0 saturated carbocycles. The van der Waals surface area contributed by atoms with Crippen molar-refractivity contribution in [3.05, 3.63) is 71.8 Å². The Kier molecular flexibility index (Phi) is 15.6. The van der Waals surface area contributed by atoms with E-state index in [4.69, 9.17) is 10.2 Å². The van der Waals surface area contributed by atoms with Gasteiger partial charge in [0.25, 0.3) is 0 Å². The van der Waals surface area contributed by atoms with Crippen LogP contribution < -0.4 is 0 Å². The Morgan fingerprint density at radius 1 is 0.424 bits per heavy atom. The maximum absolute atomic E-state index is 9.04. The molecule has 2 aromatic rings. The molecule has 0 atom stereocenters. The van der Waals surface area contributed by atoms with Gasteiger partial charge in [0.1, 0.15) is 0 Å². The molecule has 0 spiro atoms. The van der Waals surface area contributed by atoms with Crippen molar-refractivity contribution in [1.29, 1.82) is 0 Å². The molecule has 0 bridgehead atoms. The summed E-state index contributed by atoms with van der Waals surface area (Å²) in [5.41, 5.74) is 2.77. The smallest absolute Gasteiger partial charge is 0.0431 e. The molecule has 0 aliphatic rings. The maximum atomic E-state index is 9.04. The molecule has 184 valence electrons. The third-order valence-electron chi connectivity index (χ3n) is 6.21. The van der Waals surface area contributed by atoms with Crippen molar-refractivity contribution in [3.63, 3.8) is 0 Å². The molecule has 2 aromatic carbocycles. The van der Waals surface area contributed by atoms with Gasteiger partial charge in [0.15, 0.2) is 0 Å². The molecule has 0 saturated heterocycles. The number of hydrogen-bond donors (Lipinski definition) is 2. The molecule has 0 aliphatic heterocycles. The van der Waals surface area contributed by atoms with Crippen LogP contribution in [0.25, 0.3) is 0 Å². The second-order valence-corrected chi connectivity index (χ2v) is 9.15. The first-order valence-electron chi connectivity index (χ1n) is 13.1. The van der Waals surface area contributed by atoms with Crippen LogP contribution in [0.1, 0.15) is 68.9 Å². The molecule has 0 radical (unpaired) electrons. The summed E-state index contributed by atoms with van der Waals surface area (Å²) in [7, 11) is 0. The summed E-state index contributed by atoms with van der Waals surface area (Å²) < 4.78 is 0. The summed E-state index contributed by atoms with van der Waals surface area (Å²) in [6.07, 6.45) is 10.3. The topological polar surface area (TPSA) is 46.9 Å². The van der Waals surface area contributed by atoms with Gasteiger partial charge in [0.2, 0.25) is 0 Å². The fourth-order valence-electron chi connectivity index (χ4n) is 4.33. The van der Waals surface area contributed by atoms with Crippen molar-refractivity contribution < 1.29 is 10.2 Å². The first-order chi connectivity index (χ1) is 16.3. The van der Waals surface area contributed by atoms with Crippen LogP contribution in [0, 0.1) is 0 Å². The van der Waals surface area contributed by atoms with Gasteiger partial charge < -0.3 is 15.1 Å². The molecule has 0 aliphatic carbocycles. The van der Waals surface area contributed by atoms with Gasteiger partial charge in [-0.1, -0.05) is 79.9 Å². The first-order valence-corrected chi connectivity index (χ1v) is 13.1. The van der Waals surface area contributed by atoms with E-state index in [-0.39, 0.29) is 13.2 Å². The standard InChI is InChI=1S/C29H46N2O2/c32-24-14-12-21-30(22-13-15-25-33)20-10-2-1-3-11-23-31(26-28-16-6-4-7-17-28)27-29-18-8-5-9-19-29/h4-9,16-19,32-33H,1-3,10-15,20-27H2. The molecule has 0 aromatic heterocycles. The minimum atomic E-state index is 0.288. The van der Waals surface area contributed by atoms with Crippen LogP contribution in [0.4, 0.5) is 0 Å². The highest BCUT2D eigenvalue weighted by molar-refractivity contribution is 5.17. The molecule has 0 heterocycles. The highest BCUT2D eigenvalue weighted by Crippen LogP contribution is 2.13. The molecular weight excluding hydrogens is 408 g/mol. The average Bonchev–Trinajstić information content (AvgIpc) is 2.84. The van der Waals surface area contributed by atoms with Gasteiger partial charge in [-0.25, -0.2) is 0 Å². The summed E-state index contributed by atoms with van der Waals surface area (Å²) in [4.78, 5) is 5.10. The molecule has 33 heavy (non-hydrogen) atoms. The second-order valence-electron chi connectivity index (χ2n) is 9.15. The van der Waals surface area contributed by atoms with E-state index in [1.54, 1.807) is 0 Å². The maximum Gasteiger partial charge on any atom is 0.0431 e. The van der Waals surface area contributed by atoms with Gasteiger partial charge in [-0.3, -0.25) is 4.90 Å². The molecule has 4 heteroatoms. The number of rotatable bonds is 20. The number of hydrogen-bond acceptors (Lipinski definition) is 4. The average molecular weight is 455 g/mol. The molecule has 0 amide bonds. The fourth-order valence-corrected chi connectivity index (χ4v) is 4.33. The lowest BCUT2D eigenvalue weighted by Gasteiger charge is -2.23. The normalized spacial score (nSPS) is 11.5. The Morgan fingerprint density at radius 3 is 1.21 bits per heavy atom. The third-order valence-corrected chi connectivity index (χ3v) is 6.21. The van der Waals surface area contributed by atoms with Crippen LogP contribution in [0.2, 0.25) is 0 Å². The second kappa shape index (κ2) is 18.7. The lowest BCUT2D eigenvalue weighted by Crippen LogP contribution is -2.27. The number of aliphatic hydroxyl groups excluding tert-OH is 2. The third kappa shape index (κ3) is 13.5. The van der Waals surface area contributed by atoms with E-state index in [0.29, 0.717) is 0 Å². The van der Waals surface area contributed by atoms with Gasteiger partial charge in [-0.15, -0.1) is 0 Å². The zero-order chi connectivity index (χ0) is 23.4. The molecular formula is C29H46N2O2. The van der Waals surface area contributed by atoms with E-state index >= 15 is 0 Å². The van der Waals surface area contributed by atoms with Crippen LogP contribution in [0.15, 0.2) is 60.7 Å². The van der Waals surface area contributed by atoms with Crippen molar-refractivity contribution in [1.82, 2.24) is 9.80 Å². The van der Waals surface area contributed by atoms with Gasteiger partial charge >= 0.3 is 0 Å². The van der Waals surface area contributed by atoms with E-state index in [2.05, 4.69) is 70.5 Å². The zero-order valence-corrected chi connectivity index (χ0v) is 20.6. The Morgan fingerprint density at radius 2 is 0.788 bits per heavy atom. The molecule has 0 unspecified atom stereocenters. The van der Waals surface area contributed by atoms with E-state index in [1.807, 2.05) is 0 Å². The summed E-state index contributed by atoms with van der Waals surface area (Å²) >= 11 is 0. The summed E-state index contributed by atoms with van der Waals surface area (Å²) in [5.74, 6) is 0.